The number of nitrogens with zero attached hydrogens (tertiary/aromatic N) is 3. The van der Waals surface area contributed by atoms with Crippen LogP contribution in [0.4, 0.5) is 0 Å². The zero-order valence-electron chi connectivity index (χ0n) is 12.3. The molecule has 0 aliphatic heterocycles. The van der Waals surface area contributed by atoms with Crippen LogP contribution in [-0.4, -0.2) is 25.8 Å². The van der Waals surface area contributed by atoms with Crippen molar-refractivity contribution < 1.29 is 9.90 Å². The molecule has 5 heteroatoms. The van der Waals surface area contributed by atoms with Crippen molar-refractivity contribution in [2.75, 3.05) is 0 Å². The SMILES string of the molecule is CC(C)c1ccn(-c2nc3c(cc2C(=O)O)CCCC3)n1. The largest absolute Gasteiger partial charge is 0.478 e. The van der Waals surface area contributed by atoms with Gasteiger partial charge >= 0.3 is 5.97 Å². The Morgan fingerprint density at radius 1 is 1.33 bits per heavy atom. The number of pyridine rings is 1. The molecule has 0 amide bonds. The zero-order chi connectivity index (χ0) is 15.0. The topological polar surface area (TPSA) is 68.0 Å². The number of rotatable bonds is 3. The number of aromatic nitrogens is 3. The fourth-order valence-corrected chi connectivity index (χ4v) is 2.72. The fraction of sp³-hybridized carbons (Fsp3) is 0.438. The van der Waals surface area contributed by atoms with Gasteiger partial charge in [-0.05, 0) is 49.3 Å². The summed E-state index contributed by atoms with van der Waals surface area (Å²) in [4.78, 5) is 16.1. The average Bonchev–Trinajstić information content (AvgIpc) is 2.95. The molecule has 2 aromatic rings. The Morgan fingerprint density at radius 3 is 2.76 bits per heavy atom. The lowest BCUT2D eigenvalue weighted by Gasteiger charge is -2.17. The van der Waals surface area contributed by atoms with Crippen LogP contribution in [0.25, 0.3) is 5.82 Å². The van der Waals surface area contributed by atoms with Gasteiger partial charge in [0, 0.05) is 11.9 Å². The second-order valence-electron chi connectivity index (χ2n) is 5.82. The summed E-state index contributed by atoms with van der Waals surface area (Å²) >= 11 is 0. The van der Waals surface area contributed by atoms with E-state index in [1.54, 1.807) is 16.9 Å². The van der Waals surface area contributed by atoms with Crippen molar-refractivity contribution in [1.29, 1.82) is 0 Å². The molecule has 0 saturated carbocycles. The molecule has 21 heavy (non-hydrogen) atoms. The Kier molecular flexibility index (Phi) is 3.49. The van der Waals surface area contributed by atoms with Crippen LogP contribution >= 0.6 is 0 Å². The van der Waals surface area contributed by atoms with E-state index in [4.69, 9.17) is 0 Å². The second kappa shape index (κ2) is 5.31. The smallest absolute Gasteiger partial charge is 0.339 e. The number of fused-ring (bicyclic) bond motifs is 1. The van der Waals surface area contributed by atoms with E-state index in [0.717, 1.165) is 42.6 Å². The molecule has 1 aliphatic carbocycles. The van der Waals surface area contributed by atoms with Crippen molar-refractivity contribution in [1.82, 2.24) is 14.8 Å². The first-order valence-corrected chi connectivity index (χ1v) is 7.38. The van der Waals surface area contributed by atoms with E-state index in [2.05, 4.69) is 23.9 Å². The van der Waals surface area contributed by atoms with Gasteiger partial charge in [0.05, 0.1) is 5.69 Å². The molecule has 0 bridgehead atoms. The minimum atomic E-state index is -0.951. The summed E-state index contributed by atoms with van der Waals surface area (Å²) in [5.41, 5.74) is 3.25. The minimum absolute atomic E-state index is 0.231. The summed E-state index contributed by atoms with van der Waals surface area (Å²) in [6.45, 7) is 4.12. The molecule has 0 fully saturated rings. The highest BCUT2D eigenvalue weighted by Crippen LogP contribution is 2.24. The van der Waals surface area contributed by atoms with Crippen LogP contribution in [0.5, 0.6) is 0 Å². The molecule has 0 atom stereocenters. The van der Waals surface area contributed by atoms with Crippen molar-refractivity contribution in [3.8, 4) is 5.82 Å². The van der Waals surface area contributed by atoms with E-state index >= 15 is 0 Å². The lowest BCUT2D eigenvalue weighted by atomic mass is 9.95. The van der Waals surface area contributed by atoms with Crippen molar-refractivity contribution in [3.63, 3.8) is 0 Å². The number of carbonyl (C=O) groups is 1. The summed E-state index contributed by atoms with van der Waals surface area (Å²) in [5.74, 6) is -0.223. The fourth-order valence-electron chi connectivity index (χ4n) is 2.72. The van der Waals surface area contributed by atoms with Crippen molar-refractivity contribution in [3.05, 3.63) is 40.8 Å². The third-order valence-corrected chi connectivity index (χ3v) is 3.93. The van der Waals surface area contributed by atoms with E-state index in [9.17, 15) is 9.90 Å². The zero-order valence-corrected chi connectivity index (χ0v) is 12.3. The van der Waals surface area contributed by atoms with Gasteiger partial charge in [-0.2, -0.15) is 5.10 Å². The predicted octanol–water partition coefficient (Wildman–Crippen LogP) is 2.97. The van der Waals surface area contributed by atoms with E-state index < -0.39 is 5.97 Å². The van der Waals surface area contributed by atoms with Gasteiger partial charge in [-0.15, -0.1) is 0 Å². The lowest BCUT2D eigenvalue weighted by Crippen LogP contribution is -2.15. The van der Waals surface area contributed by atoms with Crippen molar-refractivity contribution in [2.24, 2.45) is 0 Å². The Labute approximate surface area is 123 Å². The number of carboxylic acids is 1. The average molecular weight is 285 g/mol. The second-order valence-corrected chi connectivity index (χ2v) is 5.82. The minimum Gasteiger partial charge on any atom is -0.478 e. The quantitative estimate of drug-likeness (QED) is 0.941. The molecule has 2 heterocycles. The van der Waals surface area contributed by atoms with Crippen LogP contribution in [0.15, 0.2) is 18.3 Å². The molecular formula is C16H19N3O2. The van der Waals surface area contributed by atoms with Gasteiger partial charge in [-0.3, -0.25) is 0 Å². The number of hydrogen-bond acceptors (Lipinski definition) is 3. The first-order chi connectivity index (χ1) is 10.1. The van der Waals surface area contributed by atoms with Gasteiger partial charge in [-0.25, -0.2) is 14.5 Å². The summed E-state index contributed by atoms with van der Waals surface area (Å²) in [6, 6.07) is 3.69. The maximum absolute atomic E-state index is 11.5. The summed E-state index contributed by atoms with van der Waals surface area (Å²) in [7, 11) is 0. The Morgan fingerprint density at radius 2 is 2.10 bits per heavy atom. The van der Waals surface area contributed by atoms with Gasteiger partial charge in [0.15, 0.2) is 5.82 Å². The van der Waals surface area contributed by atoms with Crippen molar-refractivity contribution in [2.45, 2.75) is 45.4 Å². The molecule has 0 radical (unpaired) electrons. The van der Waals surface area contributed by atoms with Crippen LogP contribution in [0.1, 0.15) is 59.9 Å². The number of hydrogen-bond donors (Lipinski definition) is 1. The molecule has 0 aromatic carbocycles. The van der Waals surface area contributed by atoms with Crippen LogP contribution in [0.2, 0.25) is 0 Å². The van der Waals surface area contributed by atoms with Gasteiger partial charge in [-0.1, -0.05) is 13.8 Å². The molecule has 2 aromatic heterocycles. The monoisotopic (exact) mass is 285 g/mol. The standard InChI is InChI=1S/C16H19N3O2/c1-10(2)13-7-8-19(18-13)15-12(16(20)21)9-11-5-3-4-6-14(11)17-15/h7-10H,3-6H2,1-2H3,(H,20,21). The highest BCUT2D eigenvalue weighted by molar-refractivity contribution is 5.91. The normalized spacial score (nSPS) is 14.2. The number of aromatic carboxylic acids is 1. The molecule has 0 saturated heterocycles. The third kappa shape index (κ3) is 2.55. The van der Waals surface area contributed by atoms with E-state index in [-0.39, 0.29) is 5.56 Å². The molecule has 1 N–H and O–H groups in total. The Bertz CT molecular complexity index is 689. The number of carboxylic acid groups (broad SMARTS) is 1. The van der Waals surface area contributed by atoms with E-state index in [1.807, 2.05) is 6.07 Å². The molecule has 110 valence electrons. The van der Waals surface area contributed by atoms with Gasteiger partial charge in [0.2, 0.25) is 0 Å². The Hall–Kier alpha value is -2.17. The predicted molar refractivity (Wildman–Crippen MR) is 79.0 cm³/mol. The molecule has 3 rings (SSSR count). The maximum Gasteiger partial charge on any atom is 0.339 e. The van der Waals surface area contributed by atoms with E-state index in [1.165, 1.54) is 0 Å². The number of aryl methyl sites for hydroxylation is 2. The van der Waals surface area contributed by atoms with Gasteiger partial charge in [0.25, 0.3) is 0 Å². The summed E-state index contributed by atoms with van der Waals surface area (Å²) in [5, 5.41) is 13.9. The van der Waals surface area contributed by atoms with E-state index in [0.29, 0.717) is 11.7 Å². The highest BCUT2D eigenvalue weighted by atomic mass is 16.4. The molecule has 0 unspecified atom stereocenters. The molecule has 1 aliphatic rings. The van der Waals surface area contributed by atoms with Crippen LogP contribution in [0, 0.1) is 0 Å². The van der Waals surface area contributed by atoms with Crippen LogP contribution in [-0.2, 0) is 12.8 Å². The lowest BCUT2D eigenvalue weighted by molar-refractivity contribution is 0.0696. The summed E-state index contributed by atoms with van der Waals surface area (Å²) in [6.07, 6.45) is 5.84. The summed E-state index contributed by atoms with van der Waals surface area (Å²) < 4.78 is 1.59. The molecular weight excluding hydrogens is 266 g/mol. The molecule has 0 spiro atoms. The first kappa shape index (κ1) is 13.8. The highest BCUT2D eigenvalue weighted by Gasteiger charge is 2.20. The third-order valence-electron chi connectivity index (χ3n) is 3.93. The molecule has 5 nitrogen and oxygen atoms in total. The Balaban J connectivity index is 2.12. The van der Waals surface area contributed by atoms with Crippen LogP contribution < -0.4 is 0 Å². The first-order valence-electron chi connectivity index (χ1n) is 7.38. The van der Waals surface area contributed by atoms with Gasteiger partial charge < -0.3 is 5.11 Å². The van der Waals surface area contributed by atoms with Crippen molar-refractivity contribution >= 4 is 5.97 Å². The maximum atomic E-state index is 11.5. The van der Waals surface area contributed by atoms with Crippen LogP contribution in [0.3, 0.4) is 0 Å². The van der Waals surface area contributed by atoms with Gasteiger partial charge in [0.1, 0.15) is 5.56 Å².